The quantitative estimate of drug-likeness (QED) is 0.607. The minimum absolute atomic E-state index is 0.0355. The van der Waals surface area contributed by atoms with E-state index < -0.39 is 17.8 Å². The zero-order valence-corrected chi connectivity index (χ0v) is 11.4. The van der Waals surface area contributed by atoms with E-state index in [1.807, 2.05) is 13.8 Å². The van der Waals surface area contributed by atoms with Gasteiger partial charge in [0.05, 0.1) is 0 Å². The molecule has 0 N–H and O–H groups in total. The number of hydrogen-bond acceptors (Lipinski definition) is 2. The third-order valence-electron chi connectivity index (χ3n) is 2.76. The Morgan fingerprint density at radius 1 is 1.32 bits per heavy atom. The van der Waals surface area contributed by atoms with E-state index in [0.29, 0.717) is 13.1 Å². The number of Topliss-reactive ketones (excluding diaryl/α,β-unsaturated/α-hetero) is 1. The average molecular weight is 268 g/mol. The molecule has 0 fully saturated rings. The first-order valence-electron chi connectivity index (χ1n) is 6.23. The normalized spacial score (nSPS) is 13.2. The third kappa shape index (κ3) is 3.84. The van der Waals surface area contributed by atoms with Crippen LogP contribution in [0.4, 0.5) is 14.5 Å². The van der Waals surface area contributed by atoms with Gasteiger partial charge in [0.2, 0.25) is 6.17 Å². The molecule has 0 spiro atoms. The molecule has 0 radical (unpaired) electrons. The van der Waals surface area contributed by atoms with Gasteiger partial charge in [-0.3, -0.25) is 4.79 Å². The number of carbonyl (C=O) groups excluding carboxylic acids is 1. The van der Waals surface area contributed by atoms with Crippen LogP contribution in [-0.2, 0) is 4.79 Å². The van der Waals surface area contributed by atoms with Crippen molar-refractivity contribution >= 4 is 17.3 Å². The van der Waals surface area contributed by atoms with Crippen LogP contribution in [0, 0.1) is 5.82 Å². The molecule has 0 heterocycles. The highest BCUT2D eigenvalue weighted by atomic mass is 19.1. The molecule has 0 saturated heterocycles. The number of aliphatic imine (C=N–C) groups is 1. The number of nitrogens with zero attached hydrogens (tertiary/aromatic N) is 2. The molecule has 0 aliphatic carbocycles. The number of benzene rings is 1. The standard InChI is InChI=1S/C14H18F2N2O/c1-4-18(5-2)14(13(16)10(3)19)17-12-9-7-6-8-11(12)15/h6-9,13H,4-5H2,1-3H3. The number of amidine groups is 1. The zero-order chi connectivity index (χ0) is 14.4. The first kappa shape index (κ1) is 15.3. The molecule has 0 bridgehead atoms. The summed E-state index contributed by atoms with van der Waals surface area (Å²) < 4.78 is 27.5. The summed E-state index contributed by atoms with van der Waals surface area (Å²) in [6, 6.07) is 5.84. The van der Waals surface area contributed by atoms with Crippen LogP contribution in [0.3, 0.4) is 0 Å². The van der Waals surface area contributed by atoms with E-state index in [-0.39, 0.29) is 11.5 Å². The summed E-state index contributed by atoms with van der Waals surface area (Å²) in [7, 11) is 0. The predicted molar refractivity (Wildman–Crippen MR) is 72.0 cm³/mol. The van der Waals surface area contributed by atoms with Crippen LogP contribution >= 0.6 is 0 Å². The van der Waals surface area contributed by atoms with Crippen molar-refractivity contribution in [3.63, 3.8) is 0 Å². The van der Waals surface area contributed by atoms with Crippen molar-refractivity contribution in [1.82, 2.24) is 4.90 Å². The molecular weight excluding hydrogens is 250 g/mol. The lowest BCUT2D eigenvalue weighted by atomic mass is 10.2. The van der Waals surface area contributed by atoms with Crippen LogP contribution in [0.25, 0.3) is 0 Å². The fraction of sp³-hybridized carbons (Fsp3) is 0.429. The maximum absolute atomic E-state index is 14.0. The van der Waals surface area contributed by atoms with Crippen LogP contribution in [0.2, 0.25) is 0 Å². The summed E-state index contributed by atoms with van der Waals surface area (Å²) in [6.07, 6.45) is -1.83. The summed E-state index contributed by atoms with van der Waals surface area (Å²) in [5.41, 5.74) is 0.0355. The molecule has 1 aromatic rings. The number of rotatable bonds is 5. The van der Waals surface area contributed by atoms with Crippen molar-refractivity contribution in [2.45, 2.75) is 26.9 Å². The Balaban J connectivity index is 3.23. The number of halogens is 2. The molecular formula is C14H18F2N2O. The summed E-state index contributed by atoms with van der Waals surface area (Å²) >= 11 is 0. The Kier molecular flexibility index (Phi) is 5.60. The number of para-hydroxylation sites is 1. The van der Waals surface area contributed by atoms with Gasteiger partial charge in [0.15, 0.2) is 5.78 Å². The van der Waals surface area contributed by atoms with E-state index in [1.165, 1.54) is 18.2 Å². The number of ketones is 1. The first-order chi connectivity index (χ1) is 9.01. The van der Waals surface area contributed by atoms with Gasteiger partial charge in [-0.2, -0.15) is 0 Å². The summed E-state index contributed by atoms with van der Waals surface area (Å²) in [5, 5.41) is 0. The maximum atomic E-state index is 14.0. The monoisotopic (exact) mass is 268 g/mol. The van der Waals surface area contributed by atoms with E-state index >= 15 is 0 Å². The molecule has 3 nitrogen and oxygen atoms in total. The van der Waals surface area contributed by atoms with E-state index in [0.717, 1.165) is 6.92 Å². The molecule has 0 aliphatic heterocycles. The fourth-order valence-electron chi connectivity index (χ4n) is 1.68. The number of carbonyl (C=O) groups is 1. The summed E-state index contributed by atoms with van der Waals surface area (Å²) in [6.45, 7) is 5.81. The van der Waals surface area contributed by atoms with Gasteiger partial charge < -0.3 is 4.90 Å². The van der Waals surface area contributed by atoms with Gasteiger partial charge in [0.1, 0.15) is 17.3 Å². The van der Waals surface area contributed by atoms with Gasteiger partial charge in [-0.05, 0) is 32.9 Å². The number of alkyl halides is 1. The summed E-state index contributed by atoms with van der Waals surface area (Å²) in [4.78, 5) is 16.8. The van der Waals surface area contributed by atoms with Crippen molar-refractivity contribution < 1.29 is 13.6 Å². The topological polar surface area (TPSA) is 32.7 Å². The van der Waals surface area contributed by atoms with Crippen molar-refractivity contribution in [1.29, 1.82) is 0 Å². The Morgan fingerprint density at radius 2 is 1.89 bits per heavy atom. The highest BCUT2D eigenvalue weighted by Gasteiger charge is 2.24. The highest BCUT2D eigenvalue weighted by Crippen LogP contribution is 2.19. The van der Waals surface area contributed by atoms with E-state index in [4.69, 9.17) is 0 Å². The van der Waals surface area contributed by atoms with E-state index in [1.54, 1.807) is 11.0 Å². The van der Waals surface area contributed by atoms with Crippen LogP contribution < -0.4 is 0 Å². The Morgan fingerprint density at radius 3 is 2.37 bits per heavy atom. The van der Waals surface area contributed by atoms with Crippen molar-refractivity contribution in [2.24, 2.45) is 4.99 Å². The Hall–Kier alpha value is -1.78. The van der Waals surface area contributed by atoms with E-state index in [2.05, 4.69) is 4.99 Å². The van der Waals surface area contributed by atoms with Gasteiger partial charge in [0.25, 0.3) is 0 Å². The van der Waals surface area contributed by atoms with Crippen molar-refractivity contribution in [2.75, 3.05) is 13.1 Å². The van der Waals surface area contributed by atoms with Crippen LogP contribution in [0.5, 0.6) is 0 Å². The lowest BCUT2D eigenvalue weighted by Crippen LogP contribution is -2.40. The van der Waals surface area contributed by atoms with Gasteiger partial charge in [-0.15, -0.1) is 0 Å². The second-order valence-corrected chi connectivity index (χ2v) is 4.07. The molecule has 0 amide bonds. The Bertz CT molecular complexity index is 470. The molecule has 0 saturated carbocycles. The van der Waals surface area contributed by atoms with E-state index in [9.17, 15) is 13.6 Å². The second kappa shape index (κ2) is 6.97. The third-order valence-corrected chi connectivity index (χ3v) is 2.76. The smallest absolute Gasteiger partial charge is 0.215 e. The lowest BCUT2D eigenvalue weighted by molar-refractivity contribution is -0.119. The molecule has 1 aromatic carbocycles. The molecule has 104 valence electrons. The lowest BCUT2D eigenvalue weighted by Gasteiger charge is -2.24. The fourth-order valence-corrected chi connectivity index (χ4v) is 1.68. The highest BCUT2D eigenvalue weighted by molar-refractivity contribution is 6.06. The molecule has 19 heavy (non-hydrogen) atoms. The summed E-state index contributed by atoms with van der Waals surface area (Å²) in [5.74, 6) is -1.22. The van der Waals surface area contributed by atoms with Gasteiger partial charge in [0, 0.05) is 13.1 Å². The molecule has 1 atom stereocenters. The minimum Gasteiger partial charge on any atom is -0.358 e. The maximum Gasteiger partial charge on any atom is 0.215 e. The van der Waals surface area contributed by atoms with Crippen molar-refractivity contribution in [3.05, 3.63) is 30.1 Å². The van der Waals surface area contributed by atoms with Crippen molar-refractivity contribution in [3.8, 4) is 0 Å². The largest absolute Gasteiger partial charge is 0.358 e. The predicted octanol–water partition coefficient (Wildman–Crippen LogP) is 3.12. The van der Waals surface area contributed by atoms with Crippen LogP contribution in [0.15, 0.2) is 29.3 Å². The molecule has 5 heteroatoms. The van der Waals surface area contributed by atoms with Crippen LogP contribution in [0.1, 0.15) is 20.8 Å². The number of hydrogen-bond donors (Lipinski definition) is 0. The Labute approximate surface area is 111 Å². The second-order valence-electron chi connectivity index (χ2n) is 4.07. The van der Waals surface area contributed by atoms with Gasteiger partial charge >= 0.3 is 0 Å². The SMILES string of the molecule is CCN(CC)C(=Nc1ccccc1F)C(F)C(C)=O. The molecule has 0 aliphatic rings. The molecule has 1 rings (SSSR count). The molecule has 0 aromatic heterocycles. The zero-order valence-electron chi connectivity index (χ0n) is 11.4. The minimum atomic E-state index is -1.83. The van der Waals surface area contributed by atoms with Gasteiger partial charge in [-0.1, -0.05) is 12.1 Å². The molecule has 1 unspecified atom stereocenters. The average Bonchev–Trinajstić information content (AvgIpc) is 2.40. The van der Waals surface area contributed by atoms with Gasteiger partial charge in [-0.25, -0.2) is 13.8 Å². The first-order valence-corrected chi connectivity index (χ1v) is 6.23. The van der Waals surface area contributed by atoms with Crippen LogP contribution in [-0.4, -0.2) is 35.8 Å².